The van der Waals surface area contributed by atoms with Crippen molar-refractivity contribution in [2.24, 2.45) is 0 Å². The molecule has 2 aliphatic rings. The molecule has 1 aliphatic carbocycles. The Labute approximate surface area is 159 Å². The first kappa shape index (κ1) is 18.4. The second-order valence-corrected chi connectivity index (χ2v) is 7.19. The second-order valence-electron chi connectivity index (χ2n) is 6.34. The molecule has 1 saturated carbocycles. The van der Waals surface area contributed by atoms with Crippen LogP contribution in [0.3, 0.4) is 0 Å². The predicted octanol–water partition coefficient (Wildman–Crippen LogP) is 2.96. The van der Waals surface area contributed by atoms with Crippen LogP contribution in [0.2, 0.25) is 0 Å². The van der Waals surface area contributed by atoms with Crippen molar-refractivity contribution in [1.82, 2.24) is 10.2 Å². The van der Waals surface area contributed by atoms with E-state index in [1.807, 2.05) is 0 Å². The maximum atomic E-state index is 12.8. The molecule has 0 aromatic heterocycles. The summed E-state index contributed by atoms with van der Waals surface area (Å²) in [6.45, 7) is 0. The highest BCUT2D eigenvalue weighted by Gasteiger charge is 2.40. The van der Waals surface area contributed by atoms with Gasteiger partial charge in [-0.25, -0.2) is 4.79 Å². The van der Waals surface area contributed by atoms with Gasteiger partial charge in [-0.3, -0.25) is 19.8 Å². The number of phenols is 1. The highest BCUT2D eigenvalue weighted by Crippen LogP contribution is 2.36. The molecule has 2 N–H and O–H groups in total. The van der Waals surface area contributed by atoms with Crippen LogP contribution in [0, 0.1) is 0 Å². The molecule has 26 heavy (non-hydrogen) atoms. The molecule has 1 aromatic carbocycles. The third-order valence-electron chi connectivity index (χ3n) is 4.65. The fraction of sp³-hybridized carbons (Fsp3) is 0.389. The normalized spacial score (nSPS) is 20.5. The number of nitrogens with zero attached hydrogens (tertiary/aromatic N) is 1. The van der Waals surface area contributed by atoms with E-state index in [0.717, 1.165) is 32.1 Å². The van der Waals surface area contributed by atoms with Gasteiger partial charge in [0.1, 0.15) is 5.57 Å². The maximum Gasteiger partial charge on any atom is 0.331 e. The summed E-state index contributed by atoms with van der Waals surface area (Å²) in [4.78, 5) is 38.4. The van der Waals surface area contributed by atoms with Crippen molar-refractivity contribution in [3.63, 3.8) is 0 Å². The smallest absolute Gasteiger partial charge is 0.331 e. The minimum absolute atomic E-state index is 0.0758. The number of barbiturate groups is 1. The molecule has 3 rings (SSSR count). The topological polar surface area (TPSA) is 95.9 Å². The summed E-state index contributed by atoms with van der Waals surface area (Å²) in [5.41, 5.74) is 0.373. The Balaban J connectivity index is 1.96. The molecule has 0 spiro atoms. The Morgan fingerprint density at radius 3 is 2.58 bits per heavy atom. The number of phenolic OH excluding ortho intramolecular Hbond substituents is 1. The van der Waals surface area contributed by atoms with Crippen LogP contribution >= 0.6 is 15.9 Å². The van der Waals surface area contributed by atoms with Gasteiger partial charge in [-0.15, -0.1) is 0 Å². The zero-order valence-corrected chi connectivity index (χ0v) is 15.8. The average Bonchev–Trinajstić information content (AvgIpc) is 2.62. The van der Waals surface area contributed by atoms with Gasteiger partial charge in [-0.1, -0.05) is 19.3 Å². The summed E-state index contributed by atoms with van der Waals surface area (Å²) < 4.78 is 5.45. The highest BCUT2D eigenvalue weighted by molar-refractivity contribution is 9.10. The fourth-order valence-corrected chi connectivity index (χ4v) is 3.80. The molecule has 2 fully saturated rings. The first-order valence-electron chi connectivity index (χ1n) is 8.39. The zero-order chi connectivity index (χ0) is 18.8. The summed E-state index contributed by atoms with van der Waals surface area (Å²) in [5.74, 6) is -1.19. The highest BCUT2D eigenvalue weighted by atomic mass is 79.9. The molecule has 1 saturated heterocycles. The van der Waals surface area contributed by atoms with Crippen LogP contribution in [0.15, 0.2) is 22.2 Å². The molecule has 4 amide bonds. The van der Waals surface area contributed by atoms with E-state index in [2.05, 4.69) is 21.2 Å². The number of amides is 4. The van der Waals surface area contributed by atoms with Crippen molar-refractivity contribution in [1.29, 1.82) is 0 Å². The fourth-order valence-electron chi connectivity index (χ4n) is 3.34. The Morgan fingerprint density at radius 2 is 1.92 bits per heavy atom. The van der Waals surface area contributed by atoms with Gasteiger partial charge in [0.25, 0.3) is 11.8 Å². The molecule has 0 unspecified atom stereocenters. The molecular weight excluding hydrogens is 404 g/mol. The van der Waals surface area contributed by atoms with Crippen LogP contribution in [-0.2, 0) is 9.59 Å². The minimum Gasteiger partial charge on any atom is -0.503 e. The van der Waals surface area contributed by atoms with Crippen LogP contribution in [-0.4, -0.2) is 41.0 Å². The number of aromatic hydroxyl groups is 1. The zero-order valence-electron chi connectivity index (χ0n) is 14.3. The maximum absolute atomic E-state index is 12.8. The van der Waals surface area contributed by atoms with E-state index in [1.54, 1.807) is 6.07 Å². The van der Waals surface area contributed by atoms with Gasteiger partial charge in [0.2, 0.25) is 0 Å². The Bertz CT molecular complexity index is 799. The molecule has 138 valence electrons. The number of rotatable bonds is 3. The molecule has 7 nitrogen and oxygen atoms in total. The number of methoxy groups -OCH3 is 1. The van der Waals surface area contributed by atoms with Crippen LogP contribution in [0.1, 0.15) is 37.7 Å². The number of carbonyl (C=O) groups excluding carboxylic acids is 3. The number of benzene rings is 1. The van der Waals surface area contributed by atoms with E-state index in [4.69, 9.17) is 4.74 Å². The third-order valence-corrected chi connectivity index (χ3v) is 5.26. The van der Waals surface area contributed by atoms with Gasteiger partial charge >= 0.3 is 6.03 Å². The number of hydrogen-bond acceptors (Lipinski definition) is 5. The largest absolute Gasteiger partial charge is 0.503 e. The van der Waals surface area contributed by atoms with Crippen molar-refractivity contribution in [3.05, 3.63) is 27.7 Å². The van der Waals surface area contributed by atoms with Crippen LogP contribution in [0.4, 0.5) is 4.79 Å². The molecule has 1 aliphatic heterocycles. The molecule has 0 bridgehead atoms. The first-order chi connectivity index (χ1) is 12.4. The van der Waals surface area contributed by atoms with Crippen molar-refractivity contribution < 1.29 is 24.2 Å². The summed E-state index contributed by atoms with van der Waals surface area (Å²) in [7, 11) is 1.40. The summed E-state index contributed by atoms with van der Waals surface area (Å²) in [6, 6.07) is 2.23. The van der Waals surface area contributed by atoms with Gasteiger partial charge in [0, 0.05) is 6.04 Å². The van der Waals surface area contributed by atoms with E-state index in [-0.39, 0.29) is 23.1 Å². The molecule has 0 radical (unpaired) electrons. The quantitative estimate of drug-likeness (QED) is 0.576. The van der Waals surface area contributed by atoms with Crippen molar-refractivity contribution in [3.8, 4) is 11.5 Å². The lowest BCUT2D eigenvalue weighted by Gasteiger charge is -2.35. The lowest BCUT2D eigenvalue weighted by molar-refractivity contribution is -0.132. The number of ether oxygens (including phenoxy) is 1. The molecule has 8 heteroatoms. The van der Waals surface area contributed by atoms with E-state index in [9.17, 15) is 19.5 Å². The lowest BCUT2D eigenvalue weighted by Crippen LogP contribution is -2.58. The van der Waals surface area contributed by atoms with E-state index in [1.165, 1.54) is 24.2 Å². The number of urea groups is 1. The minimum atomic E-state index is -0.727. The molecule has 1 heterocycles. The Hall–Kier alpha value is -2.35. The molecule has 1 aromatic rings. The van der Waals surface area contributed by atoms with E-state index in [0.29, 0.717) is 10.0 Å². The van der Waals surface area contributed by atoms with E-state index < -0.39 is 17.8 Å². The van der Waals surface area contributed by atoms with Gasteiger partial charge in [0.15, 0.2) is 11.5 Å². The predicted molar refractivity (Wildman–Crippen MR) is 97.6 cm³/mol. The van der Waals surface area contributed by atoms with Crippen LogP contribution < -0.4 is 10.1 Å². The molecular formula is C18H19BrN2O5. The van der Waals surface area contributed by atoms with Crippen LogP contribution in [0.5, 0.6) is 11.5 Å². The average molecular weight is 423 g/mol. The summed E-state index contributed by atoms with van der Waals surface area (Å²) in [5, 5.41) is 12.1. The third kappa shape index (κ3) is 3.46. The summed E-state index contributed by atoms with van der Waals surface area (Å²) >= 11 is 3.21. The van der Waals surface area contributed by atoms with Crippen molar-refractivity contribution in [2.75, 3.05) is 7.11 Å². The van der Waals surface area contributed by atoms with Gasteiger partial charge in [-0.2, -0.15) is 0 Å². The Kier molecular flexibility index (Phi) is 5.31. The van der Waals surface area contributed by atoms with Gasteiger partial charge in [0.05, 0.1) is 11.6 Å². The standard InChI is InChI=1S/C18H19BrN2O5/c1-26-14-9-10(8-13(19)15(14)22)7-12-16(23)20-18(25)21(17(12)24)11-5-3-2-4-6-11/h7-9,11,22H,2-6H2,1H3,(H,20,23,25). The van der Waals surface area contributed by atoms with Gasteiger partial charge in [-0.05, 0) is 52.5 Å². The lowest BCUT2D eigenvalue weighted by atomic mass is 9.93. The summed E-state index contributed by atoms with van der Waals surface area (Å²) in [6.07, 6.45) is 5.89. The number of imide groups is 2. The first-order valence-corrected chi connectivity index (χ1v) is 9.18. The van der Waals surface area contributed by atoms with Gasteiger partial charge < -0.3 is 9.84 Å². The van der Waals surface area contributed by atoms with Crippen molar-refractivity contribution in [2.45, 2.75) is 38.1 Å². The Morgan fingerprint density at radius 1 is 1.23 bits per heavy atom. The van der Waals surface area contributed by atoms with Crippen LogP contribution in [0.25, 0.3) is 6.08 Å². The monoisotopic (exact) mass is 422 g/mol. The number of halogens is 1. The number of hydrogen-bond donors (Lipinski definition) is 2. The molecule has 0 atom stereocenters. The number of nitrogens with one attached hydrogen (secondary N) is 1. The number of carbonyl (C=O) groups is 3. The van der Waals surface area contributed by atoms with E-state index >= 15 is 0 Å². The SMILES string of the molecule is COc1cc(C=C2C(=O)NC(=O)N(C3CCCCC3)C2=O)cc(Br)c1O. The second kappa shape index (κ2) is 7.49. The van der Waals surface area contributed by atoms with Crippen molar-refractivity contribution >= 4 is 39.9 Å².